The molecule has 0 atom stereocenters. The maximum absolute atomic E-state index is 6.70. The van der Waals surface area contributed by atoms with Gasteiger partial charge in [-0.2, -0.15) is 0 Å². The Balaban J connectivity index is 1.00. The summed E-state index contributed by atoms with van der Waals surface area (Å²) in [7, 11) is 0. The second-order valence-corrected chi connectivity index (χ2v) is 17.5. The molecule has 0 saturated carbocycles. The molecule has 2 heterocycles. The molecule has 0 unspecified atom stereocenters. The summed E-state index contributed by atoms with van der Waals surface area (Å²) in [6, 6.07) is 81.7. The number of hydrogen-bond donors (Lipinski definition) is 0. The highest BCUT2D eigenvalue weighted by Gasteiger charge is 2.21. The zero-order valence-electron chi connectivity index (χ0n) is 34.1. The molecule has 3 heteroatoms. The molecule has 63 heavy (non-hydrogen) atoms. The summed E-state index contributed by atoms with van der Waals surface area (Å²) < 4.78 is 9.32. The van der Waals surface area contributed by atoms with Crippen molar-refractivity contribution in [2.24, 2.45) is 0 Å². The van der Waals surface area contributed by atoms with E-state index in [-0.39, 0.29) is 0 Å². The summed E-state index contributed by atoms with van der Waals surface area (Å²) in [4.78, 5) is 2.40. The van der Waals surface area contributed by atoms with Crippen LogP contribution in [0.5, 0.6) is 0 Å². The van der Waals surface area contributed by atoms with Crippen molar-refractivity contribution in [1.29, 1.82) is 0 Å². The topological polar surface area (TPSA) is 16.4 Å². The lowest BCUT2D eigenvalue weighted by Gasteiger charge is -2.28. The molecule has 0 amide bonds. The van der Waals surface area contributed by atoms with E-state index in [9.17, 15) is 0 Å². The van der Waals surface area contributed by atoms with Crippen LogP contribution in [0.2, 0.25) is 0 Å². The number of anilines is 3. The molecule has 13 rings (SSSR count). The smallest absolute Gasteiger partial charge is 0.137 e. The van der Waals surface area contributed by atoms with Crippen LogP contribution >= 0.6 is 11.3 Å². The Kier molecular flexibility index (Phi) is 8.12. The summed E-state index contributed by atoms with van der Waals surface area (Å²) >= 11 is 1.87. The maximum Gasteiger partial charge on any atom is 0.137 e. The van der Waals surface area contributed by atoms with Crippen LogP contribution in [0, 0.1) is 0 Å². The van der Waals surface area contributed by atoms with Crippen molar-refractivity contribution in [3.05, 3.63) is 224 Å². The van der Waals surface area contributed by atoms with Crippen molar-refractivity contribution in [2.75, 3.05) is 4.90 Å². The molecule has 2 aromatic heterocycles. The van der Waals surface area contributed by atoms with Gasteiger partial charge in [0, 0.05) is 53.8 Å². The van der Waals surface area contributed by atoms with E-state index in [2.05, 4.69) is 229 Å². The van der Waals surface area contributed by atoms with Gasteiger partial charge in [-0.25, -0.2) is 0 Å². The van der Waals surface area contributed by atoms with Gasteiger partial charge < -0.3 is 9.32 Å². The van der Waals surface area contributed by atoms with Gasteiger partial charge in [-0.15, -0.1) is 11.3 Å². The van der Waals surface area contributed by atoms with E-state index in [4.69, 9.17) is 4.42 Å². The fraction of sp³-hybridized carbons (Fsp3) is 0. The van der Waals surface area contributed by atoms with Gasteiger partial charge in [-0.3, -0.25) is 0 Å². The second-order valence-electron chi connectivity index (χ2n) is 16.4. The molecular formula is C60H37NOS. The number of rotatable bonds is 6. The van der Waals surface area contributed by atoms with E-state index in [1.54, 1.807) is 0 Å². The summed E-state index contributed by atoms with van der Waals surface area (Å²) in [5.74, 6) is 0. The lowest BCUT2D eigenvalue weighted by Crippen LogP contribution is -2.10. The van der Waals surface area contributed by atoms with Crippen molar-refractivity contribution in [2.45, 2.75) is 0 Å². The fourth-order valence-electron chi connectivity index (χ4n) is 9.85. The van der Waals surface area contributed by atoms with E-state index in [1.807, 2.05) is 11.3 Å². The Labute approximate surface area is 368 Å². The molecule has 294 valence electrons. The van der Waals surface area contributed by atoms with Crippen LogP contribution in [0.3, 0.4) is 0 Å². The summed E-state index contributed by atoms with van der Waals surface area (Å²) in [6.07, 6.45) is 0. The van der Waals surface area contributed by atoms with E-state index in [0.717, 1.165) is 39.0 Å². The monoisotopic (exact) mass is 819 g/mol. The standard InChI is InChI=1S/C60H37NOS/c1-3-12-38(13-4-1)44-34-52(40-14-5-2-6-15-40)49-20-11-21-54(53(49)35-44)61(46-29-31-50-56(37-46)62-55-32-25-41-16-7-9-18-47(41)59(50)55)45-27-22-39(23-28-45)43-24-30-51-58(36-43)63-57-33-26-42-17-8-10-19-48(42)60(51)57/h1-37H. The molecule has 0 bridgehead atoms. The zero-order valence-corrected chi connectivity index (χ0v) is 34.9. The molecule has 0 saturated heterocycles. The first-order valence-corrected chi connectivity index (χ1v) is 22.3. The van der Waals surface area contributed by atoms with Crippen molar-refractivity contribution in [3.63, 3.8) is 0 Å². The largest absolute Gasteiger partial charge is 0.456 e. The van der Waals surface area contributed by atoms with E-state index < -0.39 is 0 Å². The summed E-state index contributed by atoms with van der Waals surface area (Å²) in [5, 5.41) is 12.3. The highest BCUT2D eigenvalue weighted by Crippen LogP contribution is 2.46. The SMILES string of the molecule is c1ccc(-c2cc(-c3ccccc3)c3cccc(N(c4ccc(-c5ccc6c(c5)sc5ccc7ccccc7c56)cc4)c4ccc5c(c4)oc4ccc6ccccc6c45)c3c2)cc1. The minimum absolute atomic E-state index is 0.861. The Morgan fingerprint density at radius 1 is 0.317 bits per heavy atom. The third-order valence-electron chi connectivity index (χ3n) is 12.8. The fourth-order valence-corrected chi connectivity index (χ4v) is 11.0. The molecule has 0 fully saturated rings. The normalized spacial score (nSPS) is 11.8. The molecule has 0 radical (unpaired) electrons. The lowest BCUT2D eigenvalue weighted by atomic mass is 9.92. The molecule has 0 aliphatic carbocycles. The Hall–Kier alpha value is -7.98. The Morgan fingerprint density at radius 2 is 0.952 bits per heavy atom. The van der Waals surface area contributed by atoms with Gasteiger partial charge >= 0.3 is 0 Å². The van der Waals surface area contributed by atoms with Gasteiger partial charge in [0.2, 0.25) is 0 Å². The minimum Gasteiger partial charge on any atom is -0.456 e. The van der Waals surface area contributed by atoms with Gasteiger partial charge in [-0.05, 0) is 121 Å². The van der Waals surface area contributed by atoms with Crippen LogP contribution in [0.4, 0.5) is 17.1 Å². The van der Waals surface area contributed by atoms with Crippen molar-refractivity contribution in [1.82, 2.24) is 0 Å². The van der Waals surface area contributed by atoms with Crippen molar-refractivity contribution >= 4 is 103 Å². The van der Waals surface area contributed by atoms with Crippen LogP contribution in [0.15, 0.2) is 229 Å². The van der Waals surface area contributed by atoms with Gasteiger partial charge in [0.15, 0.2) is 0 Å². The summed E-state index contributed by atoms with van der Waals surface area (Å²) in [5.41, 5.74) is 12.1. The van der Waals surface area contributed by atoms with E-state index in [1.165, 1.54) is 85.9 Å². The maximum atomic E-state index is 6.70. The second kappa shape index (κ2) is 14.3. The third-order valence-corrected chi connectivity index (χ3v) is 13.9. The van der Waals surface area contributed by atoms with Crippen LogP contribution in [-0.2, 0) is 0 Å². The minimum atomic E-state index is 0.861. The molecule has 0 aliphatic rings. The van der Waals surface area contributed by atoms with Gasteiger partial charge in [0.25, 0.3) is 0 Å². The third kappa shape index (κ3) is 5.85. The highest BCUT2D eigenvalue weighted by atomic mass is 32.1. The average molecular weight is 820 g/mol. The van der Waals surface area contributed by atoms with Gasteiger partial charge in [0.1, 0.15) is 11.2 Å². The van der Waals surface area contributed by atoms with E-state index >= 15 is 0 Å². The van der Waals surface area contributed by atoms with Crippen LogP contribution in [0.25, 0.3) is 108 Å². The number of furan rings is 1. The first-order valence-electron chi connectivity index (χ1n) is 21.5. The molecular weight excluding hydrogens is 783 g/mol. The quantitative estimate of drug-likeness (QED) is 0.166. The van der Waals surface area contributed by atoms with Crippen LogP contribution < -0.4 is 4.90 Å². The Morgan fingerprint density at radius 3 is 1.75 bits per heavy atom. The summed E-state index contributed by atoms with van der Waals surface area (Å²) in [6.45, 7) is 0. The molecule has 0 spiro atoms. The van der Waals surface area contributed by atoms with Gasteiger partial charge in [0.05, 0.1) is 5.69 Å². The first-order chi connectivity index (χ1) is 31.2. The molecule has 13 aromatic rings. The van der Waals surface area contributed by atoms with Crippen molar-refractivity contribution < 1.29 is 4.42 Å². The molecule has 2 nitrogen and oxygen atoms in total. The average Bonchev–Trinajstić information content (AvgIpc) is 3.93. The van der Waals surface area contributed by atoms with Gasteiger partial charge in [-0.1, -0.05) is 158 Å². The Bertz CT molecular complexity index is 3900. The van der Waals surface area contributed by atoms with Crippen LogP contribution in [0.1, 0.15) is 0 Å². The number of fused-ring (bicyclic) bond motifs is 11. The predicted octanol–water partition coefficient (Wildman–Crippen LogP) is 17.9. The molecule has 0 N–H and O–H groups in total. The lowest BCUT2D eigenvalue weighted by molar-refractivity contribution is 0.669. The number of hydrogen-bond acceptors (Lipinski definition) is 3. The molecule has 11 aromatic carbocycles. The molecule has 0 aliphatic heterocycles. The number of benzene rings is 11. The first kappa shape index (κ1) is 35.7. The number of nitrogens with zero attached hydrogens (tertiary/aromatic N) is 1. The zero-order chi connectivity index (χ0) is 41.4. The van der Waals surface area contributed by atoms with Crippen LogP contribution in [-0.4, -0.2) is 0 Å². The highest BCUT2D eigenvalue weighted by molar-refractivity contribution is 7.26. The predicted molar refractivity (Wildman–Crippen MR) is 270 cm³/mol. The number of thiophene rings is 1. The van der Waals surface area contributed by atoms with E-state index in [0.29, 0.717) is 0 Å². The van der Waals surface area contributed by atoms with Crippen molar-refractivity contribution in [3.8, 4) is 33.4 Å².